The number of benzene rings is 2. The lowest BCUT2D eigenvalue weighted by Gasteiger charge is -2.06. The Bertz CT molecular complexity index is 865. The van der Waals surface area contributed by atoms with Crippen molar-refractivity contribution in [3.8, 4) is 6.07 Å². The maximum atomic E-state index is 12.1. The summed E-state index contributed by atoms with van der Waals surface area (Å²) in [5, 5.41) is 13.7. The number of fused-ring (bicyclic) bond motifs is 1. The quantitative estimate of drug-likeness (QED) is 0.822. The molecule has 106 valence electrons. The second-order valence-corrected chi connectivity index (χ2v) is 4.69. The highest BCUT2D eigenvalue weighted by Gasteiger charge is 2.26. The largest absolute Gasteiger partial charge is 0.322 e. The van der Waals surface area contributed by atoms with Crippen LogP contribution in [-0.2, 0) is 0 Å². The highest BCUT2D eigenvalue weighted by molar-refractivity contribution is 6.22. The molecule has 1 aliphatic rings. The van der Waals surface area contributed by atoms with E-state index in [4.69, 9.17) is 5.26 Å². The minimum absolute atomic E-state index is 0.230. The third-order valence-corrected chi connectivity index (χ3v) is 3.25. The van der Waals surface area contributed by atoms with Gasteiger partial charge in [-0.3, -0.25) is 19.7 Å². The summed E-state index contributed by atoms with van der Waals surface area (Å²) in [5.74, 6) is -1.33. The number of hydrogen-bond acceptors (Lipinski definition) is 4. The van der Waals surface area contributed by atoms with Crippen LogP contribution in [0.1, 0.15) is 36.6 Å². The molecule has 0 saturated carbocycles. The van der Waals surface area contributed by atoms with Crippen molar-refractivity contribution in [3.63, 3.8) is 0 Å². The van der Waals surface area contributed by atoms with Gasteiger partial charge in [0.1, 0.15) is 0 Å². The first kappa shape index (κ1) is 13.5. The third kappa shape index (κ3) is 2.31. The minimum atomic E-state index is -0.484. The molecule has 2 aromatic rings. The number of imide groups is 1. The van der Waals surface area contributed by atoms with Gasteiger partial charge >= 0.3 is 0 Å². The van der Waals surface area contributed by atoms with Crippen molar-refractivity contribution in [3.05, 3.63) is 64.7 Å². The lowest BCUT2D eigenvalue weighted by atomic mass is 10.1. The number of carbonyl (C=O) groups excluding carboxylic acids is 3. The molecular formula is C16H9N3O3. The molecule has 0 aliphatic carbocycles. The van der Waals surface area contributed by atoms with Crippen LogP contribution >= 0.6 is 0 Å². The van der Waals surface area contributed by atoms with Gasteiger partial charge in [-0.05, 0) is 36.4 Å². The normalized spacial score (nSPS) is 12.3. The molecule has 3 rings (SSSR count). The molecule has 6 nitrogen and oxygen atoms in total. The molecule has 1 aliphatic heterocycles. The predicted molar refractivity (Wildman–Crippen MR) is 77.3 cm³/mol. The van der Waals surface area contributed by atoms with Crippen molar-refractivity contribution < 1.29 is 14.4 Å². The summed E-state index contributed by atoms with van der Waals surface area (Å²) in [4.78, 5) is 35.2. The number of rotatable bonds is 2. The lowest BCUT2D eigenvalue weighted by Crippen LogP contribution is -2.19. The van der Waals surface area contributed by atoms with E-state index in [1.165, 1.54) is 18.2 Å². The van der Waals surface area contributed by atoms with Gasteiger partial charge in [0.2, 0.25) is 0 Å². The molecule has 0 unspecified atom stereocenters. The van der Waals surface area contributed by atoms with Gasteiger partial charge in [0.25, 0.3) is 17.7 Å². The summed E-state index contributed by atoms with van der Waals surface area (Å²) in [6.07, 6.45) is 0. The molecule has 22 heavy (non-hydrogen) atoms. The summed E-state index contributed by atoms with van der Waals surface area (Å²) < 4.78 is 0. The van der Waals surface area contributed by atoms with Crippen molar-refractivity contribution in [2.24, 2.45) is 0 Å². The molecule has 0 fully saturated rings. The van der Waals surface area contributed by atoms with Crippen molar-refractivity contribution in [2.45, 2.75) is 0 Å². The topological polar surface area (TPSA) is 99.1 Å². The predicted octanol–water partition coefficient (Wildman–Crippen LogP) is 1.69. The summed E-state index contributed by atoms with van der Waals surface area (Å²) in [6, 6.07) is 12.7. The molecule has 0 bridgehead atoms. The van der Waals surface area contributed by atoms with E-state index in [1.807, 2.05) is 6.07 Å². The van der Waals surface area contributed by atoms with Gasteiger partial charge in [-0.25, -0.2) is 0 Å². The zero-order chi connectivity index (χ0) is 15.7. The monoisotopic (exact) mass is 291 g/mol. The molecule has 3 amide bonds. The molecule has 0 atom stereocenters. The number of amides is 3. The van der Waals surface area contributed by atoms with E-state index in [9.17, 15) is 14.4 Å². The van der Waals surface area contributed by atoms with E-state index < -0.39 is 17.7 Å². The molecular weight excluding hydrogens is 282 g/mol. The van der Waals surface area contributed by atoms with E-state index in [-0.39, 0.29) is 11.1 Å². The Labute approximate surface area is 125 Å². The minimum Gasteiger partial charge on any atom is -0.322 e. The van der Waals surface area contributed by atoms with Crippen LogP contribution in [0.4, 0.5) is 5.69 Å². The maximum absolute atomic E-state index is 12.1. The first-order valence-corrected chi connectivity index (χ1v) is 6.40. The van der Waals surface area contributed by atoms with E-state index >= 15 is 0 Å². The zero-order valence-corrected chi connectivity index (χ0v) is 11.2. The smallest absolute Gasteiger partial charge is 0.259 e. The van der Waals surface area contributed by atoms with Crippen molar-refractivity contribution in [2.75, 3.05) is 5.32 Å². The molecule has 1 heterocycles. The number of nitrogens with one attached hydrogen (secondary N) is 2. The summed E-state index contributed by atoms with van der Waals surface area (Å²) >= 11 is 0. The van der Waals surface area contributed by atoms with Crippen LogP contribution in [0.2, 0.25) is 0 Å². The molecule has 0 radical (unpaired) electrons. The van der Waals surface area contributed by atoms with E-state index in [1.54, 1.807) is 24.3 Å². The average Bonchev–Trinajstić information content (AvgIpc) is 2.81. The Balaban J connectivity index is 1.86. The number of nitrogens with zero attached hydrogens (tertiary/aromatic N) is 1. The van der Waals surface area contributed by atoms with E-state index in [0.717, 1.165) is 0 Å². The Morgan fingerprint density at radius 3 is 2.59 bits per heavy atom. The molecule has 0 saturated heterocycles. The Morgan fingerprint density at radius 1 is 1.05 bits per heavy atom. The van der Waals surface area contributed by atoms with E-state index in [2.05, 4.69) is 10.6 Å². The number of carbonyl (C=O) groups is 3. The fourth-order valence-electron chi connectivity index (χ4n) is 2.18. The SMILES string of the molecule is N#Cc1cccc(C(=O)Nc2ccc3c(c2)C(=O)NC3=O)c1. The van der Waals surface area contributed by atoms with Gasteiger partial charge in [0.05, 0.1) is 22.8 Å². The number of nitriles is 1. The van der Waals surface area contributed by atoms with Gasteiger partial charge in [0, 0.05) is 11.3 Å². The Morgan fingerprint density at radius 2 is 1.82 bits per heavy atom. The second-order valence-electron chi connectivity index (χ2n) is 4.69. The summed E-state index contributed by atoms with van der Waals surface area (Å²) in [5.41, 5.74) is 1.63. The van der Waals surface area contributed by atoms with Crippen LogP contribution in [0.15, 0.2) is 42.5 Å². The fourth-order valence-corrected chi connectivity index (χ4v) is 2.18. The lowest BCUT2D eigenvalue weighted by molar-refractivity contribution is 0.0878. The fraction of sp³-hybridized carbons (Fsp3) is 0. The van der Waals surface area contributed by atoms with Crippen LogP contribution < -0.4 is 10.6 Å². The molecule has 2 aromatic carbocycles. The van der Waals surface area contributed by atoms with Crippen LogP contribution in [-0.4, -0.2) is 17.7 Å². The van der Waals surface area contributed by atoms with Crippen LogP contribution in [0.5, 0.6) is 0 Å². The van der Waals surface area contributed by atoms with Crippen molar-refractivity contribution >= 4 is 23.4 Å². The van der Waals surface area contributed by atoms with Gasteiger partial charge in [0.15, 0.2) is 0 Å². The zero-order valence-electron chi connectivity index (χ0n) is 11.2. The van der Waals surface area contributed by atoms with Gasteiger partial charge in [-0.15, -0.1) is 0 Å². The average molecular weight is 291 g/mol. The number of hydrogen-bond donors (Lipinski definition) is 2. The molecule has 2 N–H and O–H groups in total. The maximum Gasteiger partial charge on any atom is 0.259 e. The first-order chi connectivity index (χ1) is 10.6. The van der Waals surface area contributed by atoms with Crippen molar-refractivity contribution in [1.29, 1.82) is 5.26 Å². The van der Waals surface area contributed by atoms with Crippen LogP contribution in [0, 0.1) is 11.3 Å². The number of anilines is 1. The molecule has 6 heteroatoms. The first-order valence-electron chi connectivity index (χ1n) is 6.40. The standard InChI is InChI=1S/C16H9N3O3/c17-8-9-2-1-3-10(6-9)14(20)18-11-4-5-12-13(7-11)16(22)19-15(12)21/h1-7H,(H,18,20)(H,19,21,22). The highest BCUT2D eigenvalue weighted by Crippen LogP contribution is 2.20. The van der Waals surface area contributed by atoms with Crippen LogP contribution in [0.25, 0.3) is 0 Å². The molecule has 0 aromatic heterocycles. The highest BCUT2D eigenvalue weighted by atomic mass is 16.2. The van der Waals surface area contributed by atoms with E-state index in [0.29, 0.717) is 16.8 Å². The van der Waals surface area contributed by atoms with Gasteiger partial charge in [-0.2, -0.15) is 5.26 Å². The van der Waals surface area contributed by atoms with Crippen LogP contribution in [0.3, 0.4) is 0 Å². The Hall–Kier alpha value is -3.46. The summed E-state index contributed by atoms with van der Waals surface area (Å²) in [7, 11) is 0. The third-order valence-electron chi connectivity index (χ3n) is 3.25. The molecule has 0 spiro atoms. The Kier molecular flexibility index (Phi) is 3.16. The second kappa shape index (κ2) is 5.14. The van der Waals surface area contributed by atoms with Crippen molar-refractivity contribution in [1.82, 2.24) is 5.32 Å². The van der Waals surface area contributed by atoms with Gasteiger partial charge in [-0.1, -0.05) is 6.07 Å². The summed E-state index contributed by atoms with van der Waals surface area (Å²) in [6.45, 7) is 0. The van der Waals surface area contributed by atoms with Gasteiger partial charge < -0.3 is 5.32 Å².